The van der Waals surface area contributed by atoms with Gasteiger partial charge in [0, 0.05) is 5.56 Å². The fourth-order valence-electron chi connectivity index (χ4n) is 3.95. The summed E-state index contributed by atoms with van der Waals surface area (Å²) in [5.41, 5.74) is 3.66. The Morgan fingerprint density at radius 2 is 1.61 bits per heavy atom. The second kappa shape index (κ2) is 7.94. The van der Waals surface area contributed by atoms with Gasteiger partial charge in [0.25, 0.3) is 5.78 Å². The van der Waals surface area contributed by atoms with Gasteiger partial charge >= 0.3 is 5.91 Å². The number of nitrogens with zero attached hydrogens (tertiary/aromatic N) is 2. The maximum atomic E-state index is 13.7. The summed E-state index contributed by atoms with van der Waals surface area (Å²) in [5, 5.41) is 11.4. The molecule has 1 saturated heterocycles. The van der Waals surface area contributed by atoms with Gasteiger partial charge in [-0.3, -0.25) is 14.5 Å². The van der Waals surface area contributed by atoms with Crippen molar-refractivity contribution in [1.29, 1.82) is 0 Å². The number of benzene rings is 3. The lowest BCUT2D eigenvalue weighted by molar-refractivity contribution is -0.132. The molecule has 1 aromatic heterocycles. The van der Waals surface area contributed by atoms with Crippen molar-refractivity contribution < 1.29 is 19.1 Å². The normalized spacial score (nSPS) is 17.8. The van der Waals surface area contributed by atoms with Crippen molar-refractivity contribution >= 4 is 44.1 Å². The van der Waals surface area contributed by atoms with Gasteiger partial charge in [-0.1, -0.05) is 71.0 Å². The van der Waals surface area contributed by atoms with Gasteiger partial charge in [0.15, 0.2) is 5.13 Å². The molecule has 1 aliphatic rings. The fraction of sp³-hybridized carbons (Fsp3) is 0.115. The zero-order chi connectivity index (χ0) is 23.3. The SMILES string of the molecule is Cc1ccc(C(O)=C2C(=O)C(=O)N(c3nc4ccc(F)cc4s3)[C@@H]2c2ccc(C)cc2)cc1. The second-order valence-electron chi connectivity index (χ2n) is 8.05. The average molecular weight is 459 g/mol. The van der Waals surface area contributed by atoms with E-state index in [9.17, 15) is 19.1 Å². The highest BCUT2D eigenvalue weighted by Crippen LogP contribution is 2.44. The Kier molecular flexibility index (Phi) is 5.06. The van der Waals surface area contributed by atoms with Crippen molar-refractivity contribution in [2.24, 2.45) is 0 Å². The molecule has 0 bridgehead atoms. The smallest absolute Gasteiger partial charge is 0.301 e. The van der Waals surface area contributed by atoms with E-state index >= 15 is 0 Å². The van der Waals surface area contributed by atoms with Crippen molar-refractivity contribution in [3.05, 3.63) is 100 Å². The number of aromatic nitrogens is 1. The molecule has 1 aliphatic heterocycles. The highest BCUT2D eigenvalue weighted by molar-refractivity contribution is 7.22. The Labute approximate surface area is 193 Å². The monoisotopic (exact) mass is 458 g/mol. The van der Waals surface area contributed by atoms with E-state index in [4.69, 9.17) is 0 Å². The molecule has 33 heavy (non-hydrogen) atoms. The molecule has 4 aromatic rings. The number of hydrogen-bond acceptors (Lipinski definition) is 5. The lowest BCUT2D eigenvalue weighted by Crippen LogP contribution is -2.29. The molecule has 1 fully saturated rings. The third-order valence-electron chi connectivity index (χ3n) is 5.71. The Morgan fingerprint density at radius 3 is 2.27 bits per heavy atom. The first-order chi connectivity index (χ1) is 15.8. The van der Waals surface area contributed by atoms with Crippen molar-refractivity contribution in [3.63, 3.8) is 0 Å². The van der Waals surface area contributed by atoms with Crippen LogP contribution in [0.1, 0.15) is 28.3 Å². The fourth-order valence-corrected chi connectivity index (χ4v) is 4.97. The highest BCUT2D eigenvalue weighted by atomic mass is 32.1. The van der Waals surface area contributed by atoms with E-state index in [1.165, 1.54) is 23.1 Å². The van der Waals surface area contributed by atoms with Gasteiger partial charge in [-0.15, -0.1) is 0 Å². The van der Waals surface area contributed by atoms with Crippen LogP contribution in [0, 0.1) is 19.7 Å². The summed E-state index contributed by atoms with van der Waals surface area (Å²) in [6.07, 6.45) is 0. The minimum absolute atomic E-state index is 0.00172. The van der Waals surface area contributed by atoms with Crippen LogP contribution in [0.25, 0.3) is 16.0 Å². The lowest BCUT2D eigenvalue weighted by atomic mass is 9.94. The second-order valence-corrected chi connectivity index (χ2v) is 9.06. The lowest BCUT2D eigenvalue weighted by Gasteiger charge is -2.23. The molecule has 0 saturated carbocycles. The number of rotatable bonds is 3. The number of carbonyl (C=O) groups is 2. The van der Waals surface area contributed by atoms with Crippen molar-refractivity contribution in [3.8, 4) is 0 Å². The first-order valence-corrected chi connectivity index (χ1v) is 11.2. The van der Waals surface area contributed by atoms with E-state index in [1.807, 2.05) is 50.2 Å². The standard InChI is InChI=1S/C26H19FN2O3S/c1-14-3-7-16(8-4-14)22-21(23(30)17-9-5-15(2)6-10-17)24(31)25(32)29(22)26-28-19-12-11-18(27)13-20(19)33-26/h3-13,22,30H,1-2H3/t22-/m1/s1. The summed E-state index contributed by atoms with van der Waals surface area (Å²) in [5.74, 6) is -2.22. The van der Waals surface area contributed by atoms with E-state index in [0.717, 1.165) is 22.5 Å². The number of carbonyl (C=O) groups excluding carboxylic acids is 2. The first-order valence-electron chi connectivity index (χ1n) is 10.3. The number of hydrogen-bond donors (Lipinski definition) is 1. The van der Waals surface area contributed by atoms with Gasteiger partial charge in [0.1, 0.15) is 11.6 Å². The summed E-state index contributed by atoms with van der Waals surface area (Å²) in [6, 6.07) is 17.8. The molecule has 7 heteroatoms. The molecule has 5 nitrogen and oxygen atoms in total. The predicted octanol–water partition coefficient (Wildman–Crippen LogP) is 5.68. The molecule has 0 unspecified atom stereocenters. The molecule has 0 aliphatic carbocycles. The molecule has 1 amide bonds. The number of aryl methyl sites for hydroxylation is 2. The number of halogens is 1. The summed E-state index contributed by atoms with van der Waals surface area (Å²) >= 11 is 1.13. The van der Waals surface area contributed by atoms with Gasteiger partial charge in [-0.25, -0.2) is 9.37 Å². The maximum absolute atomic E-state index is 13.7. The summed E-state index contributed by atoms with van der Waals surface area (Å²) < 4.78 is 14.3. The molecule has 0 spiro atoms. The minimum Gasteiger partial charge on any atom is -0.507 e. The largest absolute Gasteiger partial charge is 0.507 e. The van der Waals surface area contributed by atoms with E-state index < -0.39 is 23.5 Å². The number of Topliss-reactive ketones (excluding diaryl/α,β-unsaturated/α-hetero) is 1. The maximum Gasteiger partial charge on any atom is 0.301 e. The van der Waals surface area contributed by atoms with Crippen molar-refractivity contribution in [1.82, 2.24) is 4.98 Å². The van der Waals surface area contributed by atoms with Gasteiger partial charge in [-0.2, -0.15) is 0 Å². The highest BCUT2D eigenvalue weighted by Gasteiger charge is 2.48. The zero-order valence-corrected chi connectivity index (χ0v) is 18.7. The Bertz CT molecular complexity index is 1440. The summed E-state index contributed by atoms with van der Waals surface area (Å²) in [6.45, 7) is 3.86. The van der Waals surface area contributed by atoms with Crippen LogP contribution in [0.5, 0.6) is 0 Å². The summed E-state index contributed by atoms with van der Waals surface area (Å²) in [7, 11) is 0. The zero-order valence-electron chi connectivity index (χ0n) is 17.9. The van der Waals surface area contributed by atoms with E-state index in [2.05, 4.69) is 4.98 Å². The molecular weight excluding hydrogens is 439 g/mol. The number of aliphatic hydroxyl groups excluding tert-OH is 1. The topological polar surface area (TPSA) is 70.5 Å². The van der Waals surface area contributed by atoms with E-state index in [0.29, 0.717) is 21.3 Å². The average Bonchev–Trinajstić information content (AvgIpc) is 3.32. The van der Waals surface area contributed by atoms with E-state index in [1.54, 1.807) is 12.1 Å². The van der Waals surface area contributed by atoms with Crippen LogP contribution in [0.4, 0.5) is 9.52 Å². The molecule has 164 valence electrons. The Morgan fingerprint density at radius 1 is 0.970 bits per heavy atom. The van der Waals surface area contributed by atoms with Crippen LogP contribution in [-0.2, 0) is 9.59 Å². The van der Waals surface area contributed by atoms with Crippen LogP contribution in [0.3, 0.4) is 0 Å². The van der Waals surface area contributed by atoms with Crippen molar-refractivity contribution in [2.45, 2.75) is 19.9 Å². The first kappa shape index (κ1) is 21.0. The Hall–Kier alpha value is -3.84. The van der Waals surface area contributed by atoms with Crippen LogP contribution >= 0.6 is 11.3 Å². The molecular formula is C26H19FN2O3S. The number of ketones is 1. The quantitative estimate of drug-likeness (QED) is 0.244. The molecule has 1 N–H and O–H groups in total. The number of fused-ring (bicyclic) bond motifs is 1. The van der Waals surface area contributed by atoms with Gasteiger partial charge in [-0.05, 0) is 37.6 Å². The number of thiazole rings is 1. The molecule has 0 radical (unpaired) electrons. The Balaban J connectivity index is 1.73. The minimum atomic E-state index is -0.864. The molecule has 2 heterocycles. The van der Waals surface area contributed by atoms with E-state index in [-0.39, 0.29) is 16.5 Å². The number of aliphatic hydroxyl groups is 1. The molecule has 5 rings (SSSR count). The van der Waals surface area contributed by atoms with Crippen LogP contribution in [0.2, 0.25) is 0 Å². The summed E-state index contributed by atoms with van der Waals surface area (Å²) in [4.78, 5) is 32.2. The van der Waals surface area contributed by atoms with Gasteiger partial charge in [0.05, 0.1) is 21.8 Å². The number of anilines is 1. The van der Waals surface area contributed by atoms with Crippen LogP contribution < -0.4 is 4.90 Å². The van der Waals surface area contributed by atoms with Crippen LogP contribution in [0.15, 0.2) is 72.3 Å². The third-order valence-corrected chi connectivity index (χ3v) is 6.73. The van der Waals surface area contributed by atoms with Crippen LogP contribution in [-0.4, -0.2) is 21.8 Å². The van der Waals surface area contributed by atoms with Gasteiger partial charge < -0.3 is 5.11 Å². The van der Waals surface area contributed by atoms with Crippen molar-refractivity contribution in [2.75, 3.05) is 4.90 Å². The third kappa shape index (κ3) is 3.60. The predicted molar refractivity (Wildman–Crippen MR) is 127 cm³/mol. The molecule has 1 atom stereocenters. The molecule has 3 aromatic carbocycles. The number of amides is 1. The van der Waals surface area contributed by atoms with Gasteiger partial charge in [0.2, 0.25) is 0 Å².